The van der Waals surface area contributed by atoms with Gasteiger partial charge in [-0.15, -0.1) is 11.3 Å². The second-order valence-electron chi connectivity index (χ2n) is 6.82. The molecule has 3 N–H and O–H groups in total. The molecule has 3 aromatic rings. The lowest BCUT2D eigenvalue weighted by molar-refractivity contribution is 0.184. The van der Waals surface area contributed by atoms with Crippen LogP contribution in [0.5, 0.6) is 5.75 Å². The molecule has 2 aromatic carbocycles. The second-order valence-corrected chi connectivity index (χ2v) is 7.94. The van der Waals surface area contributed by atoms with E-state index in [0.29, 0.717) is 19.0 Å². The molecule has 1 heterocycles. The molecule has 3 rings (SSSR count). The normalized spacial score (nSPS) is 13.0. The first kappa shape index (κ1) is 20.2. The monoisotopic (exact) mass is 397 g/mol. The molecule has 1 unspecified atom stereocenters. The van der Waals surface area contributed by atoms with Crippen LogP contribution in [0.4, 0.5) is 0 Å². The maximum Gasteiger partial charge on any atom is 0.191 e. The van der Waals surface area contributed by atoms with Gasteiger partial charge in [0.25, 0.3) is 0 Å². The van der Waals surface area contributed by atoms with Crippen molar-refractivity contribution in [2.24, 2.45) is 4.99 Å². The minimum absolute atomic E-state index is 0.146. The number of thiophene rings is 1. The maximum atomic E-state index is 10.5. The van der Waals surface area contributed by atoms with Crippen molar-refractivity contribution in [1.29, 1.82) is 0 Å². The number of rotatable bonds is 7. The highest BCUT2D eigenvalue weighted by Gasteiger charge is 2.12. The highest BCUT2D eigenvalue weighted by molar-refractivity contribution is 7.19. The average molecular weight is 398 g/mol. The van der Waals surface area contributed by atoms with Gasteiger partial charge in [-0.3, -0.25) is 4.99 Å². The number of hydrogen-bond donors (Lipinski definition) is 3. The molecular weight excluding hydrogens is 370 g/mol. The van der Waals surface area contributed by atoms with E-state index in [-0.39, 0.29) is 6.10 Å². The summed E-state index contributed by atoms with van der Waals surface area (Å²) in [5.41, 5.74) is 1.10. The van der Waals surface area contributed by atoms with Gasteiger partial charge in [0.15, 0.2) is 5.96 Å². The molecule has 1 atom stereocenters. The number of benzene rings is 2. The van der Waals surface area contributed by atoms with Crippen molar-refractivity contribution in [3.05, 3.63) is 65.0 Å². The van der Waals surface area contributed by atoms with E-state index in [2.05, 4.69) is 27.8 Å². The summed E-state index contributed by atoms with van der Waals surface area (Å²) >= 11 is 1.62. The first-order valence-corrected chi connectivity index (χ1v) is 10.2. The number of aliphatic hydroxyl groups excluding tert-OH is 1. The van der Waals surface area contributed by atoms with Gasteiger partial charge in [0, 0.05) is 29.7 Å². The first-order valence-electron chi connectivity index (χ1n) is 9.42. The van der Waals surface area contributed by atoms with Gasteiger partial charge < -0.3 is 20.5 Å². The zero-order chi connectivity index (χ0) is 19.9. The van der Waals surface area contributed by atoms with Gasteiger partial charge in [-0.2, -0.15) is 0 Å². The zero-order valence-electron chi connectivity index (χ0n) is 16.5. The van der Waals surface area contributed by atoms with Crippen molar-refractivity contribution in [3.63, 3.8) is 0 Å². The van der Waals surface area contributed by atoms with Crippen LogP contribution in [-0.2, 0) is 6.54 Å². The summed E-state index contributed by atoms with van der Waals surface area (Å²) in [4.78, 5) is 5.18. The molecule has 0 amide bonds. The fourth-order valence-electron chi connectivity index (χ4n) is 2.87. The van der Waals surface area contributed by atoms with Crippen LogP contribution >= 0.6 is 11.3 Å². The van der Waals surface area contributed by atoms with Gasteiger partial charge in [0.1, 0.15) is 11.9 Å². The Morgan fingerprint density at radius 1 is 1.11 bits per heavy atom. The lowest BCUT2D eigenvalue weighted by Crippen LogP contribution is -2.38. The van der Waals surface area contributed by atoms with Crippen molar-refractivity contribution in [2.75, 3.05) is 13.6 Å². The molecule has 0 aliphatic heterocycles. The summed E-state index contributed by atoms with van der Waals surface area (Å²) in [6, 6.07) is 18.2. The summed E-state index contributed by atoms with van der Waals surface area (Å²) < 4.78 is 6.92. The predicted molar refractivity (Wildman–Crippen MR) is 117 cm³/mol. The van der Waals surface area contributed by atoms with Crippen LogP contribution in [0.3, 0.4) is 0 Å². The zero-order valence-corrected chi connectivity index (χ0v) is 17.3. The van der Waals surface area contributed by atoms with E-state index in [1.54, 1.807) is 18.4 Å². The van der Waals surface area contributed by atoms with Gasteiger partial charge in [-0.1, -0.05) is 30.3 Å². The van der Waals surface area contributed by atoms with Gasteiger partial charge >= 0.3 is 0 Å². The third kappa shape index (κ3) is 5.47. The lowest BCUT2D eigenvalue weighted by atomic mass is 10.2. The molecule has 0 saturated heterocycles. The lowest BCUT2D eigenvalue weighted by Gasteiger charge is -2.15. The number of fused-ring (bicyclic) bond motifs is 1. The molecule has 0 fully saturated rings. The number of hydrogen-bond acceptors (Lipinski definition) is 4. The number of nitrogens with one attached hydrogen (secondary N) is 2. The van der Waals surface area contributed by atoms with E-state index >= 15 is 0 Å². The summed E-state index contributed by atoms with van der Waals surface area (Å²) in [6.45, 7) is 5.04. The molecule has 5 nitrogen and oxygen atoms in total. The SMILES string of the molecule is CN=C(NCc1cccc(OC(C)C)c1)NCC(O)c1cc2ccccc2s1. The highest BCUT2D eigenvalue weighted by Crippen LogP contribution is 2.29. The van der Waals surface area contributed by atoms with Crippen molar-refractivity contribution in [1.82, 2.24) is 10.6 Å². The van der Waals surface area contributed by atoms with Crippen molar-refractivity contribution in [3.8, 4) is 5.75 Å². The Morgan fingerprint density at radius 2 is 1.93 bits per heavy atom. The topological polar surface area (TPSA) is 65.9 Å². The fourth-order valence-corrected chi connectivity index (χ4v) is 3.92. The summed E-state index contributed by atoms with van der Waals surface area (Å²) in [6.07, 6.45) is -0.438. The molecule has 28 heavy (non-hydrogen) atoms. The predicted octanol–water partition coefficient (Wildman–Crippen LogP) is 4.09. The molecular formula is C22H27N3O2S. The van der Waals surface area contributed by atoms with Crippen LogP contribution in [0, 0.1) is 0 Å². The fraction of sp³-hybridized carbons (Fsp3) is 0.318. The third-order valence-electron chi connectivity index (χ3n) is 4.19. The minimum atomic E-state index is -0.585. The Morgan fingerprint density at radius 3 is 2.68 bits per heavy atom. The standard InChI is InChI=1S/C22H27N3O2S/c1-15(2)27-18-9-6-7-16(11-18)13-24-22(23-3)25-14-19(26)21-12-17-8-4-5-10-20(17)28-21/h4-12,15,19,26H,13-14H2,1-3H3,(H2,23,24,25). The van der Waals surface area contributed by atoms with Gasteiger partial charge in [-0.05, 0) is 49.1 Å². The van der Waals surface area contributed by atoms with Crippen LogP contribution in [0.25, 0.3) is 10.1 Å². The molecule has 0 saturated carbocycles. The smallest absolute Gasteiger partial charge is 0.191 e. The Balaban J connectivity index is 1.53. The molecule has 6 heteroatoms. The van der Waals surface area contributed by atoms with Crippen molar-refractivity contribution in [2.45, 2.75) is 32.6 Å². The van der Waals surface area contributed by atoms with Crippen LogP contribution in [0.1, 0.15) is 30.4 Å². The molecule has 0 aliphatic carbocycles. The first-order chi connectivity index (χ1) is 13.5. The molecule has 1 aromatic heterocycles. The maximum absolute atomic E-state index is 10.5. The molecule has 0 spiro atoms. The van der Waals surface area contributed by atoms with Crippen LogP contribution < -0.4 is 15.4 Å². The Kier molecular flexibility index (Phi) is 6.90. The summed E-state index contributed by atoms with van der Waals surface area (Å²) in [5.74, 6) is 1.51. The van der Waals surface area contributed by atoms with E-state index < -0.39 is 6.10 Å². The number of ether oxygens (including phenoxy) is 1. The molecule has 0 radical (unpaired) electrons. The van der Waals surface area contributed by atoms with E-state index in [4.69, 9.17) is 4.74 Å². The molecule has 148 valence electrons. The minimum Gasteiger partial charge on any atom is -0.491 e. The van der Waals surface area contributed by atoms with Crippen molar-refractivity contribution >= 4 is 27.4 Å². The van der Waals surface area contributed by atoms with E-state index in [1.165, 1.54) is 4.70 Å². The Labute approximate surface area is 170 Å². The second kappa shape index (κ2) is 9.57. The highest BCUT2D eigenvalue weighted by atomic mass is 32.1. The van der Waals surface area contributed by atoms with E-state index in [9.17, 15) is 5.11 Å². The van der Waals surface area contributed by atoms with Gasteiger partial charge in [0.2, 0.25) is 0 Å². The Hall–Kier alpha value is -2.57. The molecule has 0 aliphatic rings. The third-order valence-corrected chi connectivity index (χ3v) is 5.41. The van der Waals surface area contributed by atoms with Gasteiger partial charge in [0.05, 0.1) is 6.10 Å². The van der Waals surface area contributed by atoms with E-state index in [1.807, 2.05) is 56.3 Å². The number of guanidine groups is 1. The van der Waals surface area contributed by atoms with Gasteiger partial charge in [-0.25, -0.2) is 0 Å². The van der Waals surface area contributed by atoms with Crippen LogP contribution in [0.2, 0.25) is 0 Å². The average Bonchev–Trinajstić information content (AvgIpc) is 3.12. The Bertz CT molecular complexity index is 903. The van der Waals surface area contributed by atoms with Crippen molar-refractivity contribution < 1.29 is 9.84 Å². The quantitative estimate of drug-likeness (QED) is 0.415. The summed E-state index contributed by atoms with van der Waals surface area (Å²) in [7, 11) is 1.72. The number of aliphatic hydroxyl groups is 1. The number of aliphatic imine (C=N–C) groups is 1. The largest absolute Gasteiger partial charge is 0.491 e. The molecule has 0 bridgehead atoms. The number of nitrogens with zero attached hydrogens (tertiary/aromatic N) is 1. The van der Waals surface area contributed by atoms with Crippen LogP contribution in [-0.4, -0.2) is 30.8 Å². The van der Waals surface area contributed by atoms with E-state index in [0.717, 1.165) is 21.6 Å². The van der Waals surface area contributed by atoms with Crippen LogP contribution in [0.15, 0.2) is 59.6 Å². The summed E-state index contributed by atoms with van der Waals surface area (Å²) in [5, 5.41) is 18.1.